The van der Waals surface area contributed by atoms with Gasteiger partial charge < -0.3 is 4.74 Å². The highest BCUT2D eigenvalue weighted by atomic mass is 32.2. The highest BCUT2D eigenvalue weighted by Gasteiger charge is 2.30. The molecule has 0 radical (unpaired) electrons. The number of fused-ring (bicyclic) bond motifs is 1. The number of hydrogen-bond acceptors (Lipinski definition) is 8. The minimum atomic E-state index is -3.92. The van der Waals surface area contributed by atoms with Crippen LogP contribution in [0.3, 0.4) is 0 Å². The van der Waals surface area contributed by atoms with Crippen molar-refractivity contribution in [3.63, 3.8) is 0 Å². The normalized spacial score (nSPS) is 15.3. The molecule has 226 valence electrons. The molecule has 1 amide bonds. The molecule has 1 atom stereocenters. The molecule has 10 nitrogen and oxygen atoms in total. The van der Waals surface area contributed by atoms with Crippen molar-refractivity contribution in [1.29, 1.82) is 0 Å². The molecule has 43 heavy (non-hydrogen) atoms. The summed E-state index contributed by atoms with van der Waals surface area (Å²) in [4.78, 5) is 21.3. The van der Waals surface area contributed by atoms with Gasteiger partial charge in [-0.15, -0.1) is 0 Å². The highest BCUT2D eigenvalue weighted by Crippen LogP contribution is 2.22. The smallest absolute Gasteiger partial charge is 0.262 e. The van der Waals surface area contributed by atoms with E-state index in [-0.39, 0.29) is 11.4 Å². The third kappa shape index (κ3) is 7.75. The minimum Gasteiger partial charge on any atom is -0.489 e. The fraction of sp³-hybridized carbons (Fsp3) is 0.312. The van der Waals surface area contributed by atoms with E-state index in [1.54, 1.807) is 17.6 Å². The first-order valence-corrected chi connectivity index (χ1v) is 15.7. The Bertz CT molecular complexity index is 1650. The number of nitrogens with one attached hydrogen (secondary N) is 2. The van der Waals surface area contributed by atoms with Gasteiger partial charge in [0, 0.05) is 55.9 Å². The standard InChI is InChI=1S/C32H37N5O5S/c1-23-7-9-25(10-8-23)21-36-15-17-37(18-16-36)31(32(38)35-39)20-33-43(40,41)28-13-11-27(12-14-28)42-22-26-19-24(2)34-30-6-4-3-5-29(26)30/h3-14,19,31,33,39H,15-18,20-22H2,1-2H3,(H,35,38). The summed E-state index contributed by atoms with van der Waals surface area (Å²) in [5.74, 6) is -0.129. The van der Waals surface area contributed by atoms with E-state index in [2.05, 4.69) is 45.8 Å². The average Bonchev–Trinajstić information content (AvgIpc) is 3.01. The fourth-order valence-electron chi connectivity index (χ4n) is 5.31. The van der Waals surface area contributed by atoms with Crippen LogP contribution in [0.25, 0.3) is 10.9 Å². The minimum absolute atomic E-state index is 0.0520. The lowest BCUT2D eigenvalue weighted by molar-refractivity contribution is -0.135. The number of carbonyl (C=O) groups excluding carboxylic acids is 1. The fourth-order valence-corrected chi connectivity index (χ4v) is 6.35. The quantitative estimate of drug-likeness (QED) is 0.176. The lowest BCUT2D eigenvalue weighted by atomic mass is 10.1. The molecular weight excluding hydrogens is 566 g/mol. The molecular formula is C32H37N5O5S. The maximum absolute atomic E-state index is 13.1. The van der Waals surface area contributed by atoms with Crippen LogP contribution in [0.2, 0.25) is 0 Å². The highest BCUT2D eigenvalue weighted by molar-refractivity contribution is 7.89. The molecule has 0 aliphatic carbocycles. The van der Waals surface area contributed by atoms with Crippen LogP contribution in [0.15, 0.2) is 83.8 Å². The zero-order chi connectivity index (χ0) is 30.4. The van der Waals surface area contributed by atoms with Crippen molar-refractivity contribution in [3.05, 3.63) is 101 Å². The van der Waals surface area contributed by atoms with Crippen molar-refractivity contribution in [2.45, 2.75) is 37.9 Å². The maximum Gasteiger partial charge on any atom is 0.262 e. The summed E-state index contributed by atoms with van der Waals surface area (Å²) in [6.45, 7) is 7.47. The Labute approximate surface area is 252 Å². The van der Waals surface area contributed by atoms with Crippen LogP contribution in [0.1, 0.15) is 22.4 Å². The number of aromatic nitrogens is 1. The van der Waals surface area contributed by atoms with Gasteiger partial charge in [0.2, 0.25) is 10.0 Å². The van der Waals surface area contributed by atoms with Crippen LogP contribution in [-0.2, 0) is 28.0 Å². The summed E-state index contributed by atoms with van der Waals surface area (Å²) in [5, 5.41) is 10.4. The summed E-state index contributed by atoms with van der Waals surface area (Å²) >= 11 is 0. The molecule has 11 heteroatoms. The molecule has 1 aliphatic rings. The van der Waals surface area contributed by atoms with Crippen LogP contribution in [0.4, 0.5) is 0 Å². The molecule has 1 fully saturated rings. The Morgan fingerprint density at radius 3 is 2.37 bits per heavy atom. The predicted octanol–water partition coefficient (Wildman–Crippen LogP) is 3.40. The van der Waals surface area contributed by atoms with E-state index >= 15 is 0 Å². The van der Waals surface area contributed by atoms with Gasteiger partial charge >= 0.3 is 0 Å². The third-order valence-electron chi connectivity index (χ3n) is 7.71. The first-order valence-electron chi connectivity index (χ1n) is 14.3. The number of rotatable bonds is 11. The van der Waals surface area contributed by atoms with E-state index in [1.807, 2.05) is 42.2 Å². The Morgan fingerprint density at radius 1 is 0.977 bits per heavy atom. The first-order chi connectivity index (χ1) is 20.7. The van der Waals surface area contributed by atoms with E-state index in [0.29, 0.717) is 38.5 Å². The molecule has 0 spiro atoms. The lowest BCUT2D eigenvalue weighted by Gasteiger charge is -2.38. The van der Waals surface area contributed by atoms with E-state index in [1.165, 1.54) is 23.3 Å². The number of carbonyl (C=O) groups is 1. The van der Waals surface area contributed by atoms with Crippen molar-refractivity contribution in [3.8, 4) is 5.75 Å². The first kappa shape index (κ1) is 30.6. The van der Waals surface area contributed by atoms with Crippen LogP contribution < -0.4 is 14.9 Å². The van der Waals surface area contributed by atoms with Crippen molar-refractivity contribution in [2.24, 2.45) is 0 Å². The molecule has 1 aliphatic heterocycles. The van der Waals surface area contributed by atoms with E-state index in [4.69, 9.17) is 4.74 Å². The average molecular weight is 604 g/mol. The zero-order valence-corrected chi connectivity index (χ0v) is 25.2. The molecule has 5 rings (SSSR count). The van der Waals surface area contributed by atoms with Crippen molar-refractivity contribution >= 4 is 26.8 Å². The number of ether oxygens (including phenoxy) is 1. The Kier molecular flexibility index (Phi) is 9.69. The van der Waals surface area contributed by atoms with Gasteiger partial charge in [-0.25, -0.2) is 18.6 Å². The van der Waals surface area contributed by atoms with Crippen LogP contribution in [-0.4, -0.2) is 73.1 Å². The molecule has 0 bridgehead atoms. The number of piperazine rings is 1. The van der Waals surface area contributed by atoms with Crippen LogP contribution in [0, 0.1) is 13.8 Å². The van der Waals surface area contributed by atoms with E-state index < -0.39 is 22.0 Å². The van der Waals surface area contributed by atoms with Gasteiger partial charge in [0.25, 0.3) is 5.91 Å². The van der Waals surface area contributed by atoms with Crippen LogP contribution in [0.5, 0.6) is 5.75 Å². The monoisotopic (exact) mass is 603 g/mol. The number of pyridine rings is 1. The third-order valence-corrected chi connectivity index (χ3v) is 9.15. The summed E-state index contributed by atoms with van der Waals surface area (Å²) in [5.41, 5.74) is 6.90. The Balaban J connectivity index is 1.17. The Hall–Kier alpha value is -3.87. The van der Waals surface area contributed by atoms with E-state index in [9.17, 15) is 18.4 Å². The van der Waals surface area contributed by atoms with Crippen molar-refractivity contribution in [2.75, 3.05) is 32.7 Å². The molecule has 4 aromatic rings. The van der Waals surface area contributed by atoms with Gasteiger partial charge in [-0.3, -0.25) is 24.8 Å². The Morgan fingerprint density at radius 2 is 1.67 bits per heavy atom. The number of benzene rings is 3. The van der Waals surface area contributed by atoms with Gasteiger partial charge in [0.15, 0.2) is 0 Å². The van der Waals surface area contributed by atoms with Gasteiger partial charge in [-0.1, -0.05) is 48.0 Å². The molecule has 3 N–H and O–H groups in total. The SMILES string of the molecule is Cc1ccc(CN2CCN(C(CNS(=O)(=O)c3ccc(OCc4cc(C)nc5ccccc45)cc3)C(=O)NO)CC2)cc1. The summed E-state index contributed by atoms with van der Waals surface area (Å²) < 4.78 is 34.7. The number of amides is 1. The van der Waals surface area contributed by atoms with Gasteiger partial charge in [0.05, 0.1) is 10.4 Å². The predicted molar refractivity (Wildman–Crippen MR) is 164 cm³/mol. The molecule has 1 saturated heterocycles. The summed E-state index contributed by atoms with van der Waals surface area (Å²) in [7, 11) is -3.92. The number of hydrogen-bond donors (Lipinski definition) is 3. The number of sulfonamides is 1. The second kappa shape index (κ2) is 13.6. The lowest BCUT2D eigenvalue weighted by Crippen LogP contribution is -2.57. The zero-order valence-electron chi connectivity index (χ0n) is 24.4. The van der Waals surface area contributed by atoms with Crippen molar-refractivity contribution < 1.29 is 23.2 Å². The largest absolute Gasteiger partial charge is 0.489 e. The number of nitrogens with zero attached hydrogens (tertiary/aromatic N) is 3. The molecule has 1 aromatic heterocycles. The summed E-state index contributed by atoms with van der Waals surface area (Å²) in [6, 6.07) is 23.5. The summed E-state index contributed by atoms with van der Waals surface area (Å²) in [6.07, 6.45) is 0. The van der Waals surface area contributed by atoms with Crippen molar-refractivity contribution in [1.82, 2.24) is 25.0 Å². The number of hydroxylamine groups is 1. The maximum atomic E-state index is 13.1. The van der Waals surface area contributed by atoms with Gasteiger partial charge in [-0.05, 0) is 55.8 Å². The van der Waals surface area contributed by atoms with Gasteiger partial charge in [-0.2, -0.15) is 0 Å². The van der Waals surface area contributed by atoms with Crippen LogP contribution >= 0.6 is 0 Å². The molecule has 2 heterocycles. The topological polar surface area (TPSA) is 124 Å². The number of para-hydroxylation sites is 1. The van der Waals surface area contributed by atoms with Gasteiger partial charge in [0.1, 0.15) is 18.4 Å². The van der Waals surface area contributed by atoms with E-state index in [0.717, 1.165) is 28.7 Å². The second-order valence-electron chi connectivity index (χ2n) is 10.8. The molecule has 1 unspecified atom stereocenters. The molecule has 3 aromatic carbocycles. The number of aryl methyl sites for hydroxylation is 2. The second-order valence-corrected chi connectivity index (χ2v) is 12.6. The molecule has 0 saturated carbocycles.